The van der Waals surface area contributed by atoms with Gasteiger partial charge >= 0.3 is 5.69 Å². The van der Waals surface area contributed by atoms with Crippen LogP contribution in [0, 0.1) is 6.92 Å². The molecule has 8 heteroatoms. The van der Waals surface area contributed by atoms with Gasteiger partial charge in [-0.15, -0.1) is 0 Å². The quantitative estimate of drug-likeness (QED) is 0.573. The van der Waals surface area contributed by atoms with E-state index in [1.54, 1.807) is 13.3 Å². The molecule has 0 saturated carbocycles. The normalized spacial score (nSPS) is 11.2. The Morgan fingerprint density at radius 2 is 1.82 bits per heavy atom. The maximum absolute atomic E-state index is 12.9. The molecule has 0 spiro atoms. The first-order chi connectivity index (χ1) is 13.5. The van der Waals surface area contributed by atoms with Crippen molar-refractivity contribution in [3.8, 4) is 0 Å². The van der Waals surface area contributed by atoms with Crippen LogP contribution in [0.15, 0.2) is 56.7 Å². The summed E-state index contributed by atoms with van der Waals surface area (Å²) in [5.41, 5.74) is 2.14. The molecule has 0 saturated heterocycles. The van der Waals surface area contributed by atoms with Crippen LogP contribution in [0.1, 0.15) is 16.9 Å². The summed E-state index contributed by atoms with van der Waals surface area (Å²) >= 11 is 0. The number of hydrogen-bond acceptors (Lipinski definition) is 5. The number of nitrogens with zero attached hydrogens (tertiary/aromatic N) is 4. The molecule has 0 aliphatic heterocycles. The van der Waals surface area contributed by atoms with E-state index in [1.165, 1.54) is 11.6 Å². The summed E-state index contributed by atoms with van der Waals surface area (Å²) < 4.78 is 9.67. The molecule has 4 rings (SSSR count). The third-order valence-electron chi connectivity index (χ3n) is 4.81. The second kappa shape index (κ2) is 6.88. The number of benzene rings is 1. The largest absolute Gasteiger partial charge is 0.467 e. The summed E-state index contributed by atoms with van der Waals surface area (Å²) in [5.74, 6) is 1.25. The fourth-order valence-corrected chi connectivity index (χ4v) is 3.19. The second-order valence-electron chi connectivity index (χ2n) is 6.82. The highest BCUT2D eigenvalue weighted by Crippen LogP contribution is 2.19. The van der Waals surface area contributed by atoms with Gasteiger partial charge in [0, 0.05) is 14.1 Å². The molecule has 4 aromatic rings. The monoisotopic (exact) mass is 379 g/mol. The average Bonchev–Trinajstić information content (AvgIpc) is 3.33. The molecule has 0 unspecified atom stereocenters. The highest BCUT2D eigenvalue weighted by atomic mass is 16.3. The smallest absolute Gasteiger partial charge is 0.332 e. The van der Waals surface area contributed by atoms with Crippen molar-refractivity contribution in [3.63, 3.8) is 0 Å². The first kappa shape index (κ1) is 17.8. The Balaban J connectivity index is 1.87. The minimum atomic E-state index is -0.407. The molecule has 0 bridgehead atoms. The van der Waals surface area contributed by atoms with Gasteiger partial charge in [-0.25, -0.2) is 4.79 Å². The Hall–Kier alpha value is -3.55. The Kier molecular flexibility index (Phi) is 4.38. The predicted molar refractivity (Wildman–Crippen MR) is 107 cm³/mol. The van der Waals surface area contributed by atoms with E-state index >= 15 is 0 Å². The lowest BCUT2D eigenvalue weighted by atomic mass is 10.1. The van der Waals surface area contributed by atoms with E-state index in [4.69, 9.17) is 4.42 Å². The van der Waals surface area contributed by atoms with E-state index in [9.17, 15) is 9.59 Å². The maximum atomic E-state index is 12.9. The molecule has 144 valence electrons. The van der Waals surface area contributed by atoms with Crippen LogP contribution in [0.4, 0.5) is 5.95 Å². The fourth-order valence-electron chi connectivity index (χ4n) is 3.19. The summed E-state index contributed by atoms with van der Waals surface area (Å²) in [6.45, 7) is 2.89. The van der Waals surface area contributed by atoms with Crippen molar-refractivity contribution in [2.45, 2.75) is 20.0 Å². The standard InChI is InChI=1S/C20H21N5O3/c1-13-6-8-14(9-7-13)12-25-16-17(23(2)20(27)24(3)18(16)26)22-19(25)21-11-15-5-4-10-28-15/h4-10H,11-12H2,1-3H3,(H,21,22). The minimum absolute atomic E-state index is 0.349. The zero-order chi connectivity index (χ0) is 19.8. The van der Waals surface area contributed by atoms with E-state index in [-0.39, 0.29) is 5.56 Å². The highest BCUT2D eigenvalue weighted by molar-refractivity contribution is 5.74. The van der Waals surface area contributed by atoms with Crippen LogP contribution in [0.3, 0.4) is 0 Å². The van der Waals surface area contributed by atoms with Crippen LogP contribution < -0.4 is 16.6 Å². The SMILES string of the molecule is Cc1ccc(Cn2c(NCc3ccco3)nc3c2c(=O)n(C)c(=O)n3C)cc1. The lowest BCUT2D eigenvalue weighted by molar-refractivity contribution is 0.517. The van der Waals surface area contributed by atoms with Gasteiger partial charge < -0.3 is 9.73 Å². The number of furan rings is 1. The Bertz CT molecular complexity index is 1240. The Labute approximate surface area is 160 Å². The fraction of sp³-hybridized carbons (Fsp3) is 0.250. The maximum Gasteiger partial charge on any atom is 0.332 e. The van der Waals surface area contributed by atoms with Gasteiger partial charge in [-0.05, 0) is 24.6 Å². The summed E-state index contributed by atoms with van der Waals surface area (Å²) in [4.78, 5) is 29.7. The van der Waals surface area contributed by atoms with E-state index < -0.39 is 5.69 Å². The molecule has 8 nitrogen and oxygen atoms in total. The van der Waals surface area contributed by atoms with E-state index in [0.29, 0.717) is 30.2 Å². The average molecular weight is 379 g/mol. The van der Waals surface area contributed by atoms with Gasteiger partial charge in [0.05, 0.1) is 19.4 Å². The van der Waals surface area contributed by atoms with Gasteiger partial charge in [0.15, 0.2) is 11.2 Å². The Morgan fingerprint density at radius 3 is 2.50 bits per heavy atom. The number of imidazole rings is 1. The van der Waals surface area contributed by atoms with Crippen molar-refractivity contribution in [2.24, 2.45) is 14.1 Å². The van der Waals surface area contributed by atoms with Crippen molar-refractivity contribution in [2.75, 3.05) is 5.32 Å². The zero-order valence-electron chi connectivity index (χ0n) is 16.0. The molecule has 0 atom stereocenters. The number of rotatable bonds is 5. The van der Waals surface area contributed by atoms with Gasteiger partial charge in [0.25, 0.3) is 5.56 Å². The molecule has 0 amide bonds. The number of nitrogens with one attached hydrogen (secondary N) is 1. The summed E-state index contributed by atoms with van der Waals surface area (Å²) in [7, 11) is 3.09. The topological polar surface area (TPSA) is 87.0 Å². The number of hydrogen-bond donors (Lipinski definition) is 1. The zero-order valence-corrected chi connectivity index (χ0v) is 16.0. The minimum Gasteiger partial charge on any atom is -0.467 e. The molecule has 1 N–H and O–H groups in total. The molecule has 3 heterocycles. The van der Waals surface area contributed by atoms with Crippen molar-refractivity contribution >= 4 is 17.1 Å². The lowest BCUT2D eigenvalue weighted by Gasteiger charge is -2.11. The molecular formula is C20H21N5O3. The van der Waals surface area contributed by atoms with Crippen LogP contribution in [-0.4, -0.2) is 18.7 Å². The number of aromatic nitrogens is 4. The number of anilines is 1. The van der Waals surface area contributed by atoms with Crippen LogP contribution in [0.2, 0.25) is 0 Å². The summed E-state index contributed by atoms with van der Waals surface area (Å²) in [6, 6.07) is 11.8. The van der Waals surface area contributed by atoms with Gasteiger partial charge in [-0.1, -0.05) is 29.8 Å². The van der Waals surface area contributed by atoms with Crippen molar-refractivity contribution in [1.29, 1.82) is 0 Å². The summed E-state index contributed by atoms with van der Waals surface area (Å²) in [5, 5.41) is 3.22. The molecule has 3 aromatic heterocycles. The predicted octanol–water partition coefficient (Wildman–Crippen LogP) is 2.00. The second-order valence-corrected chi connectivity index (χ2v) is 6.82. The van der Waals surface area contributed by atoms with Crippen molar-refractivity contribution < 1.29 is 4.42 Å². The Morgan fingerprint density at radius 1 is 1.07 bits per heavy atom. The van der Waals surface area contributed by atoms with Gasteiger partial charge in [-0.3, -0.25) is 18.5 Å². The van der Waals surface area contributed by atoms with Gasteiger partial charge in [0.2, 0.25) is 5.95 Å². The third-order valence-corrected chi connectivity index (χ3v) is 4.81. The van der Waals surface area contributed by atoms with Crippen molar-refractivity contribution in [3.05, 3.63) is 80.4 Å². The highest BCUT2D eigenvalue weighted by Gasteiger charge is 2.19. The lowest BCUT2D eigenvalue weighted by Crippen LogP contribution is -2.37. The first-order valence-corrected chi connectivity index (χ1v) is 8.93. The molecular weight excluding hydrogens is 358 g/mol. The molecule has 0 radical (unpaired) electrons. The van der Waals surface area contributed by atoms with Crippen LogP contribution in [0.5, 0.6) is 0 Å². The van der Waals surface area contributed by atoms with E-state index in [1.807, 2.05) is 47.9 Å². The third kappa shape index (κ3) is 3.02. The molecule has 0 fully saturated rings. The van der Waals surface area contributed by atoms with Crippen LogP contribution in [0.25, 0.3) is 11.2 Å². The van der Waals surface area contributed by atoms with Gasteiger partial charge in [-0.2, -0.15) is 4.98 Å². The molecule has 28 heavy (non-hydrogen) atoms. The summed E-state index contributed by atoms with van der Waals surface area (Å²) in [6.07, 6.45) is 1.60. The van der Waals surface area contributed by atoms with Crippen LogP contribution in [-0.2, 0) is 27.2 Å². The van der Waals surface area contributed by atoms with E-state index in [2.05, 4.69) is 10.3 Å². The molecule has 0 aliphatic carbocycles. The van der Waals surface area contributed by atoms with Gasteiger partial charge in [0.1, 0.15) is 5.76 Å². The van der Waals surface area contributed by atoms with E-state index in [0.717, 1.165) is 21.5 Å². The number of aryl methyl sites for hydroxylation is 2. The van der Waals surface area contributed by atoms with Crippen molar-refractivity contribution in [1.82, 2.24) is 18.7 Å². The van der Waals surface area contributed by atoms with Crippen LogP contribution >= 0.6 is 0 Å². The first-order valence-electron chi connectivity index (χ1n) is 8.93. The molecule has 1 aromatic carbocycles. The number of fused-ring (bicyclic) bond motifs is 1. The molecule has 0 aliphatic rings.